The van der Waals surface area contributed by atoms with Gasteiger partial charge in [-0.2, -0.15) is 0 Å². The van der Waals surface area contributed by atoms with Crippen LogP contribution < -0.4 is 21.3 Å². The van der Waals surface area contributed by atoms with Gasteiger partial charge in [0.25, 0.3) is 5.91 Å². The van der Waals surface area contributed by atoms with Gasteiger partial charge in [-0.3, -0.25) is 9.79 Å². The zero-order valence-corrected chi connectivity index (χ0v) is 17.5. The van der Waals surface area contributed by atoms with Gasteiger partial charge in [-0.25, -0.2) is 4.79 Å². The lowest BCUT2D eigenvalue weighted by Gasteiger charge is -2.19. The van der Waals surface area contributed by atoms with Crippen molar-refractivity contribution in [1.82, 2.24) is 21.3 Å². The SMILES string of the molecule is CCNC(=O)c1cccc(CNC(=NC)NCCCNC(=O)OC(C)(C)C)c1. The Kier molecular flexibility index (Phi) is 9.84. The third-order valence-corrected chi connectivity index (χ3v) is 3.52. The second-order valence-electron chi connectivity index (χ2n) is 7.19. The highest BCUT2D eigenvalue weighted by atomic mass is 16.6. The Balaban J connectivity index is 2.33. The van der Waals surface area contributed by atoms with Crippen LogP contribution in [0.1, 0.15) is 50.0 Å². The zero-order chi connectivity index (χ0) is 21.0. The number of rotatable bonds is 8. The Labute approximate surface area is 167 Å². The number of hydrogen-bond acceptors (Lipinski definition) is 4. The van der Waals surface area contributed by atoms with Crippen LogP contribution in [0.3, 0.4) is 0 Å². The Hall–Kier alpha value is -2.77. The summed E-state index contributed by atoms with van der Waals surface area (Å²) in [5, 5.41) is 11.9. The van der Waals surface area contributed by atoms with E-state index in [2.05, 4.69) is 26.3 Å². The Bertz CT molecular complexity index is 668. The summed E-state index contributed by atoms with van der Waals surface area (Å²) in [6, 6.07) is 7.46. The molecule has 8 nitrogen and oxygen atoms in total. The second kappa shape index (κ2) is 11.8. The average molecular weight is 392 g/mol. The number of hydrogen-bond donors (Lipinski definition) is 4. The predicted molar refractivity (Wildman–Crippen MR) is 112 cm³/mol. The lowest BCUT2D eigenvalue weighted by Crippen LogP contribution is -2.39. The van der Waals surface area contributed by atoms with Gasteiger partial charge in [0, 0.05) is 38.8 Å². The fraction of sp³-hybridized carbons (Fsp3) is 0.550. The number of carbonyl (C=O) groups is 2. The Morgan fingerprint density at radius 1 is 1.07 bits per heavy atom. The predicted octanol–water partition coefficient (Wildman–Crippen LogP) is 2.02. The minimum Gasteiger partial charge on any atom is -0.444 e. The number of nitrogens with one attached hydrogen (secondary N) is 4. The van der Waals surface area contributed by atoms with E-state index in [0.717, 1.165) is 12.0 Å². The van der Waals surface area contributed by atoms with Gasteiger partial charge in [0.1, 0.15) is 5.60 Å². The maximum absolute atomic E-state index is 11.9. The number of benzene rings is 1. The molecule has 0 aliphatic carbocycles. The monoisotopic (exact) mass is 391 g/mol. The van der Waals surface area contributed by atoms with Gasteiger partial charge in [0.2, 0.25) is 0 Å². The average Bonchev–Trinajstić information content (AvgIpc) is 2.63. The molecule has 0 aliphatic rings. The molecule has 1 aromatic carbocycles. The van der Waals surface area contributed by atoms with Crippen LogP contribution in [0.2, 0.25) is 0 Å². The van der Waals surface area contributed by atoms with Crippen molar-refractivity contribution in [2.75, 3.05) is 26.7 Å². The van der Waals surface area contributed by atoms with Gasteiger partial charge in [0.05, 0.1) is 0 Å². The first kappa shape index (κ1) is 23.3. The van der Waals surface area contributed by atoms with E-state index in [0.29, 0.717) is 37.7 Å². The van der Waals surface area contributed by atoms with Crippen LogP contribution in [-0.4, -0.2) is 50.2 Å². The summed E-state index contributed by atoms with van der Waals surface area (Å²) >= 11 is 0. The quantitative estimate of drug-likeness (QED) is 0.308. The molecule has 0 radical (unpaired) electrons. The largest absolute Gasteiger partial charge is 0.444 e. The molecule has 156 valence electrons. The van der Waals surface area contributed by atoms with Crippen molar-refractivity contribution in [1.29, 1.82) is 0 Å². The molecule has 0 saturated carbocycles. The molecule has 0 unspecified atom stereocenters. The molecule has 4 N–H and O–H groups in total. The molecule has 28 heavy (non-hydrogen) atoms. The van der Waals surface area contributed by atoms with Crippen LogP contribution in [-0.2, 0) is 11.3 Å². The van der Waals surface area contributed by atoms with Gasteiger partial charge in [0.15, 0.2) is 5.96 Å². The topological polar surface area (TPSA) is 104 Å². The number of nitrogens with zero attached hydrogens (tertiary/aromatic N) is 1. The number of guanidine groups is 1. The molecule has 0 saturated heterocycles. The van der Waals surface area contributed by atoms with E-state index in [1.165, 1.54) is 0 Å². The first-order valence-electron chi connectivity index (χ1n) is 9.53. The molecule has 0 fully saturated rings. The molecule has 0 heterocycles. The minimum absolute atomic E-state index is 0.0793. The summed E-state index contributed by atoms with van der Waals surface area (Å²) in [6.45, 7) is 9.68. The maximum atomic E-state index is 11.9. The fourth-order valence-electron chi connectivity index (χ4n) is 2.29. The number of ether oxygens (including phenoxy) is 1. The molecule has 0 bridgehead atoms. The first-order chi connectivity index (χ1) is 13.2. The highest BCUT2D eigenvalue weighted by Gasteiger charge is 2.15. The molecule has 0 aromatic heterocycles. The highest BCUT2D eigenvalue weighted by Crippen LogP contribution is 2.06. The van der Waals surface area contributed by atoms with E-state index < -0.39 is 11.7 Å². The normalized spacial score (nSPS) is 11.5. The summed E-state index contributed by atoms with van der Waals surface area (Å²) in [4.78, 5) is 27.7. The first-order valence-corrected chi connectivity index (χ1v) is 9.53. The van der Waals surface area contributed by atoms with Gasteiger partial charge in [-0.05, 0) is 51.8 Å². The van der Waals surface area contributed by atoms with Gasteiger partial charge in [-0.1, -0.05) is 12.1 Å². The summed E-state index contributed by atoms with van der Waals surface area (Å²) in [5.41, 5.74) is 1.12. The van der Waals surface area contributed by atoms with E-state index >= 15 is 0 Å². The van der Waals surface area contributed by atoms with Crippen molar-refractivity contribution in [2.45, 2.75) is 46.3 Å². The summed E-state index contributed by atoms with van der Waals surface area (Å²) in [7, 11) is 1.69. The van der Waals surface area contributed by atoms with Crippen LogP contribution in [0.4, 0.5) is 4.79 Å². The summed E-state index contributed by atoms with van der Waals surface area (Å²) < 4.78 is 5.18. The van der Waals surface area contributed by atoms with Crippen molar-refractivity contribution in [3.05, 3.63) is 35.4 Å². The summed E-state index contributed by atoms with van der Waals surface area (Å²) in [5.74, 6) is 0.574. The molecule has 1 aromatic rings. The smallest absolute Gasteiger partial charge is 0.407 e. The minimum atomic E-state index is -0.497. The molecule has 8 heteroatoms. The molecule has 0 aliphatic heterocycles. The molecule has 0 spiro atoms. The Morgan fingerprint density at radius 3 is 2.43 bits per heavy atom. The van der Waals surface area contributed by atoms with E-state index in [1.807, 2.05) is 45.9 Å². The van der Waals surface area contributed by atoms with E-state index in [-0.39, 0.29) is 5.91 Å². The third kappa shape index (κ3) is 9.80. The number of amides is 2. The zero-order valence-electron chi connectivity index (χ0n) is 17.5. The van der Waals surface area contributed by atoms with Gasteiger partial charge in [-0.15, -0.1) is 0 Å². The maximum Gasteiger partial charge on any atom is 0.407 e. The van der Waals surface area contributed by atoms with Crippen molar-refractivity contribution in [2.24, 2.45) is 4.99 Å². The van der Waals surface area contributed by atoms with E-state index in [1.54, 1.807) is 13.1 Å². The van der Waals surface area contributed by atoms with Crippen molar-refractivity contribution in [3.8, 4) is 0 Å². The van der Waals surface area contributed by atoms with Gasteiger partial charge >= 0.3 is 6.09 Å². The molecule has 1 rings (SSSR count). The van der Waals surface area contributed by atoms with E-state index in [9.17, 15) is 9.59 Å². The van der Waals surface area contributed by atoms with Crippen LogP contribution in [0.5, 0.6) is 0 Å². The lowest BCUT2D eigenvalue weighted by molar-refractivity contribution is 0.0527. The van der Waals surface area contributed by atoms with Crippen molar-refractivity contribution < 1.29 is 14.3 Å². The summed E-state index contributed by atoms with van der Waals surface area (Å²) in [6.07, 6.45) is 0.314. The number of aliphatic imine (C=N–C) groups is 1. The second-order valence-corrected chi connectivity index (χ2v) is 7.19. The van der Waals surface area contributed by atoms with E-state index in [4.69, 9.17) is 4.74 Å². The third-order valence-electron chi connectivity index (χ3n) is 3.52. The van der Waals surface area contributed by atoms with Gasteiger partial charge < -0.3 is 26.0 Å². The standard InChI is InChI=1S/C20H33N5O3/c1-6-22-17(26)16-10-7-9-15(13-16)14-25-18(21-5)23-11-8-12-24-19(27)28-20(2,3)4/h7,9-10,13H,6,8,11-12,14H2,1-5H3,(H,22,26)(H,24,27)(H2,21,23,25). The van der Waals surface area contributed by atoms with Crippen LogP contribution in [0.15, 0.2) is 29.3 Å². The van der Waals surface area contributed by atoms with Crippen molar-refractivity contribution in [3.63, 3.8) is 0 Å². The molecular weight excluding hydrogens is 358 g/mol. The van der Waals surface area contributed by atoms with Crippen molar-refractivity contribution >= 4 is 18.0 Å². The number of alkyl carbamates (subject to hydrolysis) is 1. The molecule has 0 atom stereocenters. The van der Waals surface area contributed by atoms with Crippen LogP contribution in [0.25, 0.3) is 0 Å². The number of carbonyl (C=O) groups excluding carboxylic acids is 2. The molecule has 2 amide bonds. The highest BCUT2D eigenvalue weighted by molar-refractivity contribution is 5.94. The van der Waals surface area contributed by atoms with Crippen LogP contribution >= 0.6 is 0 Å². The lowest BCUT2D eigenvalue weighted by atomic mass is 10.1. The molecular formula is C20H33N5O3. The Morgan fingerprint density at radius 2 is 1.79 bits per heavy atom. The van der Waals surface area contributed by atoms with Crippen LogP contribution in [0, 0.1) is 0 Å². The fourth-order valence-corrected chi connectivity index (χ4v) is 2.29.